The number of benzene rings is 1. The third-order valence-corrected chi connectivity index (χ3v) is 5.13. The highest BCUT2D eigenvalue weighted by atomic mass is 16.6. The Morgan fingerprint density at radius 2 is 1.81 bits per heavy atom. The van der Waals surface area contributed by atoms with E-state index in [0.717, 1.165) is 24.2 Å². The fourth-order valence-corrected chi connectivity index (χ4v) is 3.72. The molecule has 0 unspecified atom stereocenters. The lowest BCUT2D eigenvalue weighted by atomic mass is 9.86. The molecule has 0 saturated carbocycles. The van der Waals surface area contributed by atoms with E-state index >= 15 is 0 Å². The summed E-state index contributed by atoms with van der Waals surface area (Å²) in [6, 6.07) is 7.80. The number of likely N-dealkylation sites (tertiary alicyclic amines) is 1. The van der Waals surface area contributed by atoms with Crippen LogP contribution in [0, 0.1) is 11.8 Å². The monoisotopic (exact) mass is 448 g/mol. The maximum Gasteiger partial charge on any atom is 0.410 e. The molecular formula is C25H40N2O5. The summed E-state index contributed by atoms with van der Waals surface area (Å²) in [6.45, 7) is 13.4. The smallest absolute Gasteiger partial charge is 0.410 e. The average Bonchev–Trinajstić information content (AvgIpc) is 3.14. The van der Waals surface area contributed by atoms with Gasteiger partial charge in [-0.05, 0) is 91.0 Å². The Balaban J connectivity index is 2.14. The van der Waals surface area contributed by atoms with Crippen molar-refractivity contribution in [3.05, 3.63) is 29.8 Å². The van der Waals surface area contributed by atoms with Crippen molar-refractivity contribution in [3.8, 4) is 5.75 Å². The average molecular weight is 449 g/mol. The van der Waals surface area contributed by atoms with Crippen LogP contribution in [0.4, 0.5) is 4.79 Å². The van der Waals surface area contributed by atoms with Gasteiger partial charge in [0.25, 0.3) is 0 Å². The van der Waals surface area contributed by atoms with Crippen LogP contribution in [0.1, 0.15) is 59.9 Å². The Bertz CT molecular complexity index is 766. The fourth-order valence-electron chi connectivity index (χ4n) is 3.72. The van der Waals surface area contributed by atoms with Crippen molar-refractivity contribution < 1.29 is 23.8 Å². The molecule has 1 saturated heterocycles. The molecule has 0 bridgehead atoms. The van der Waals surface area contributed by atoms with Crippen LogP contribution in [0.25, 0.3) is 0 Å². The number of hydrogen-bond donors (Lipinski definition) is 1. The van der Waals surface area contributed by atoms with Crippen LogP contribution in [-0.4, -0.2) is 54.4 Å². The summed E-state index contributed by atoms with van der Waals surface area (Å²) in [5.74, 6) is 0.170. The Kier molecular flexibility index (Phi) is 8.96. The van der Waals surface area contributed by atoms with Crippen molar-refractivity contribution >= 4 is 12.1 Å². The Morgan fingerprint density at radius 3 is 2.44 bits per heavy atom. The van der Waals surface area contributed by atoms with Crippen LogP contribution < -0.4 is 10.5 Å². The molecule has 1 amide bonds. The van der Waals surface area contributed by atoms with E-state index in [-0.39, 0.29) is 23.9 Å². The molecule has 2 atom stereocenters. The Morgan fingerprint density at radius 1 is 1.12 bits per heavy atom. The number of nitrogens with two attached hydrogens (primary N) is 1. The van der Waals surface area contributed by atoms with Crippen molar-refractivity contribution in [2.45, 2.75) is 72.0 Å². The van der Waals surface area contributed by atoms with E-state index in [4.69, 9.17) is 19.9 Å². The van der Waals surface area contributed by atoms with Gasteiger partial charge in [0.1, 0.15) is 17.0 Å². The molecule has 180 valence electrons. The number of carbonyl (C=O) groups is 2. The molecular weight excluding hydrogens is 408 g/mol. The second-order valence-electron chi connectivity index (χ2n) is 10.5. The molecule has 32 heavy (non-hydrogen) atoms. The van der Waals surface area contributed by atoms with Gasteiger partial charge in [-0.25, -0.2) is 4.79 Å². The molecule has 1 aliphatic heterocycles. The summed E-state index contributed by atoms with van der Waals surface area (Å²) in [4.78, 5) is 27.4. The maximum absolute atomic E-state index is 13.1. The van der Waals surface area contributed by atoms with Crippen LogP contribution in [0.5, 0.6) is 5.75 Å². The maximum atomic E-state index is 13.1. The molecule has 0 spiro atoms. The molecule has 7 nitrogen and oxygen atoms in total. The zero-order chi connectivity index (χ0) is 23.9. The number of carbonyl (C=O) groups excluding carboxylic acids is 2. The van der Waals surface area contributed by atoms with Gasteiger partial charge in [0.05, 0.1) is 12.5 Å². The lowest BCUT2D eigenvalue weighted by molar-refractivity contribution is -0.161. The summed E-state index contributed by atoms with van der Waals surface area (Å²) < 4.78 is 17.0. The topological polar surface area (TPSA) is 91.1 Å². The van der Waals surface area contributed by atoms with Crippen molar-refractivity contribution in [2.75, 3.05) is 26.2 Å². The number of esters is 1. The van der Waals surface area contributed by atoms with Crippen molar-refractivity contribution in [2.24, 2.45) is 17.6 Å². The van der Waals surface area contributed by atoms with E-state index in [1.807, 2.05) is 65.8 Å². The van der Waals surface area contributed by atoms with Gasteiger partial charge in [0, 0.05) is 13.1 Å². The molecule has 1 fully saturated rings. The molecule has 2 rings (SSSR count). The second-order valence-corrected chi connectivity index (χ2v) is 10.5. The van der Waals surface area contributed by atoms with Crippen LogP contribution in [0.15, 0.2) is 24.3 Å². The van der Waals surface area contributed by atoms with Crippen molar-refractivity contribution in [3.63, 3.8) is 0 Å². The van der Waals surface area contributed by atoms with Crippen LogP contribution in [-0.2, 0) is 20.7 Å². The predicted molar refractivity (Wildman–Crippen MR) is 125 cm³/mol. The van der Waals surface area contributed by atoms with Gasteiger partial charge in [-0.3, -0.25) is 4.79 Å². The standard InChI is InChI=1S/C25H40N2O5/c1-24(2,3)31-22(28)21(16-18-9-7-10-20(15-18)30-14-8-12-26)19-11-13-27(17-19)23(29)32-25(4,5)6/h7,9-10,15,19,21H,8,11-14,16-17,26H2,1-6H3/t19-,21-/m0/s1. The van der Waals surface area contributed by atoms with E-state index < -0.39 is 11.2 Å². The summed E-state index contributed by atoms with van der Waals surface area (Å²) >= 11 is 0. The molecule has 1 heterocycles. The first kappa shape index (κ1) is 26.0. The van der Waals surface area contributed by atoms with E-state index in [0.29, 0.717) is 32.7 Å². The summed E-state index contributed by atoms with van der Waals surface area (Å²) in [7, 11) is 0. The second kappa shape index (κ2) is 11.0. The number of hydrogen-bond acceptors (Lipinski definition) is 6. The predicted octanol–water partition coefficient (Wildman–Crippen LogP) is 4.17. The van der Waals surface area contributed by atoms with Crippen molar-refractivity contribution in [1.29, 1.82) is 0 Å². The SMILES string of the molecule is CC(C)(C)OC(=O)[C@@H](Cc1cccc(OCCCN)c1)[C@H]1CCN(C(=O)OC(C)(C)C)C1. The van der Waals surface area contributed by atoms with E-state index in [1.165, 1.54) is 0 Å². The van der Waals surface area contributed by atoms with Gasteiger partial charge in [-0.1, -0.05) is 12.1 Å². The molecule has 0 aliphatic carbocycles. The first-order valence-electron chi connectivity index (χ1n) is 11.5. The third kappa shape index (κ3) is 8.69. The molecule has 1 aliphatic rings. The van der Waals surface area contributed by atoms with Crippen LogP contribution in [0.3, 0.4) is 0 Å². The lowest BCUT2D eigenvalue weighted by Gasteiger charge is -2.28. The number of nitrogens with zero attached hydrogens (tertiary/aromatic N) is 1. The number of amides is 1. The summed E-state index contributed by atoms with van der Waals surface area (Å²) in [6.07, 6.45) is 1.71. The van der Waals surface area contributed by atoms with Crippen LogP contribution in [0.2, 0.25) is 0 Å². The Labute approximate surface area is 192 Å². The van der Waals surface area contributed by atoms with E-state index in [2.05, 4.69) is 0 Å². The minimum atomic E-state index is -0.577. The van der Waals surface area contributed by atoms with Gasteiger partial charge >= 0.3 is 12.1 Å². The molecule has 1 aromatic rings. The van der Waals surface area contributed by atoms with E-state index in [9.17, 15) is 9.59 Å². The zero-order valence-corrected chi connectivity index (χ0v) is 20.5. The summed E-state index contributed by atoms with van der Waals surface area (Å²) in [5.41, 5.74) is 5.41. The first-order valence-corrected chi connectivity index (χ1v) is 11.5. The molecule has 0 aromatic heterocycles. The van der Waals surface area contributed by atoms with Crippen LogP contribution >= 0.6 is 0 Å². The van der Waals surface area contributed by atoms with Gasteiger partial charge in [0.2, 0.25) is 0 Å². The van der Waals surface area contributed by atoms with Gasteiger partial charge in [-0.2, -0.15) is 0 Å². The minimum absolute atomic E-state index is 0.000756. The highest BCUT2D eigenvalue weighted by Gasteiger charge is 2.39. The lowest BCUT2D eigenvalue weighted by Crippen LogP contribution is -2.38. The number of rotatable bonds is 8. The fraction of sp³-hybridized carbons (Fsp3) is 0.680. The van der Waals surface area contributed by atoms with Crippen molar-refractivity contribution in [1.82, 2.24) is 4.90 Å². The first-order chi connectivity index (χ1) is 14.9. The third-order valence-electron chi connectivity index (χ3n) is 5.13. The largest absolute Gasteiger partial charge is 0.494 e. The number of ether oxygens (including phenoxy) is 3. The molecule has 7 heteroatoms. The normalized spacial score (nSPS) is 17.7. The van der Waals surface area contributed by atoms with Gasteiger partial charge < -0.3 is 24.8 Å². The molecule has 2 N–H and O–H groups in total. The zero-order valence-electron chi connectivity index (χ0n) is 20.5. The summed E-state index contributed by atoms with van der Waals surface area (Å²) in [5, 5.41) is 0. The van der Waals surface area contributed by atoms with Gasteiger partial charge in [0.15, 0.2) is 0 Å². The highest BCUT2D eigenvalue weighted by Crippen LogP contribution is 2.31. The molecule has 0 radical (unpaired) electrons. The minimum Gasteiger partial charge on any atom is -0.494 e. The van der Waals surface area contributed by atoms with E-state index in [1.54, 1.807) is 4.90 Å². The highest BCUT2D eigenvalue weighted by molar-refractivity contribution is 5.74. The molecule has 1 aromatic carbocycles. The Hall–Kier alpha value is -2.28. The van der Waals surface area contributed by atoms with Gasteiger partial charge in [-0.15, -0.1) is 0 Å². The quantitative estimate of drug-likeness (QED) is 0.474.